The highest BCUT2D eigenvalue weighted by molar-refractivity contribution is 7.90. The average molecular weight is 568 g/mol. The first-order valence-corrected chi connectivity index (χ1v) is 14.8. The zero-order valence-corrected chi connectivity index (χ0v) is 22.3. The predicted octanol–water partition coefficient (Wildman–Crippen LogP) is 2.77. The highest BCUT2D eigenvalue weighted by Crippen LogP contribution is 2.35. The maximum atomic E-state index is 12.8. The van der Waals surface area contributed by atoms with E-state index in [0.717, 1.165) is 49.6 Å². The van der Waals surface area contributed by atoms with Crippen LogP contribution in [0.25, 0.3) is 0 Å². The number of benzene rings is 1. The van der Waals surface area contributed by atoms with Crippen molar-refractivity contribution in [2.45, 2.75) is 49.9 Å². The van der Waals surface area contributed by atoms with Crippen molar-refractivity contribution in [3.8, 4) is 0 Å². The van der Waals surface area contributed by atoms with Crippen LogP contribution in [0.3, 0.4) is 0 Å². The molecule has 0 bridgehead atoms. The number of pyridine rings is 1. The molecule has 0 unspecified atom stereocenters. The Bertz CT molecular complexity index is 1270. The summed E-state index contributed by atoms with van der Waals surface area (Å²) in [6.07, 6.45) is 2.28. The standard InChI is InChI=1S/C26H32F3N5O4S/c1-39(37,38)16-32-20-7-10-23(30-12-20)17-5-8-22(9-6-17)34-14-21(15-34)33-24(35)13-31-25(36)18-3-2-4-19(11-18)26(27,28)29/h2-4,7,10-12,17,21-22,32H,5-6,8-9,13-16H2,1H3,(H,31,36)(H,33,35). The van der Waals surface area contributed by atoms with E-state index >= 15 is 0 Å². The van der Waals surface area contributed by atoms with Crippen molar-refractivity contribution in [3.05, 3.63) is 59.4 Å². The largest absolute Gasteiger partial charge is 0.416 e. The zero-order chi connectivity index (χ0) is 28.2. The van der Waals surface area contributed by atoms with E-state index in [1.165, 1.54) is 12.3 Å². The molecule has 1 aliphatic carbocycles. The molecule has 2 heterocycles. The molecule has 1 saturated heterocycles. The Hall–Kier alpha value is -3.19. The van der Waals surface area contributed by atoms with Crippen molar-refractivity contribution in [1.29, 1.82) is 0 Å². The van der Waals surface area contributed by atoms with E-state index in [0.29, 0.717) is 30.7 Å². The number of carbonyl (C=O) groups is 2. The molecule has 9 nitrogen and oxygen atoms in total. The summed E-state index contributed by atoms with van der Waals surface area (Å²) in [5.41, 5.74) is 0.593. The molecule has 1 saturated carbocycles. The summed E-state index contributed by atoms with van der Waals surface area (Å²) < 4.78 is 61.1. The molecule has 0 spiro atoms. The molecule has 39 heavy (non-hydrogen) atoms. The van der Waals surface area contributed by atoms with Crippen molar-refractivity contribution in [2.75, 3.05) is 37.1 Å². The number of alkyl halides is 3. The lowest BCUT2D eigenvalue weighted by molar-refractivity contribution is -0.137. The number of amides is 2. The summed E-state index contributed by atoms with van der Waals surface area (Å²) in [6.45, 7) is 1.11. The van der Waals surface area contributed by atoms with Gasteiger partial charge < -0.3 is 16.0 Å². The van der Waals surface area contributed by atoms with Gasteiger partial charge in [-0.15, -0.1) is 0 Å². The first-order valence-electron chi connectivity index (χ1n) is 12.7. The van der Waals surface area contributed by atoms with Crippen molar-refractivity contribution >= 4 is 27.3 Å². The number of anilines is 1. The van der Waals surface area contributed by atoms with Gasteiger partial charge in [0.2, 0.25) is 5.91 Å². The second-order valence-electron chi connectivity index (χ2n) is 10.2. The van der Waals surface area contributed by atoms with E-state index in [1.54, 1.807) is 6.20 Å². The van der Waals surface area contributed by atoms with Gasteiger partial charge in [0.25, 0.3) is 5.91 Å². The van der Waals surface area contributed by atoms with Gasteiger partial charge in [-0.1, -0.05) is 6.07 Å². The number of nitrogens with zero attached hydrogens (tertiary/aromatic N) is 2. The highest BCUT2D eigenvalue weighted by Gasteiger charge is 2.36. The van der Waals surface area contributed by atoms with Crippen LogP contribution in [0.1, 0.15) is 53.2 Å². The summed E-state index contributed by atoms with van der Waals surface area (Å²) in [6, 6.07) is 8.25. The summed E-state index contributed by atoms with van der Waals surface area (Å²) in [4.78, 5) is 31.3. The Balaban J connectivity index is 1.14. The molecule has 1 aromatic carbocycles. The fourth-order valence-corrected chi connectivity index (χ4v) is 5.41. The van der Waals surface area contributed by atoms with Crippen LogP contribution in [-0.4, -0.2) is 74.0 Å². The molecule has 13 heteroatoms. The zero-order valence-electron chi connectivity index (χ0n) is 21.5. The van der Waals surface area contributed by atoms with Crippen LogP contribution in [0.4, 0.5) is 18.9 Å². The Kier molecular flexibility index (Phi) is 8.80. The van der Waals surface area contributed by atoms with Crippen molar-refractivity contribution in [2.24, 2.45) is 0 Å². The Morgan fingerprint density at radius 2 is 1.79 bits per heavy atom. The van der Waals surface area contributed by atoms with E-state index in [-0.39, 0.29) is 29.9 Å². The van der Waals surface area contributed by atoms with Crippen LogP contribution in [0.15, 0.2) is 42.6 Å². The lowest BCUT2D eigenvalue weighted by Gasteiger charge is -2.46. The highest BCUT2D eigenvalue weighted by atomic mass is 32.2. The number of carbonyl (C=O) groups excluding carboxylic acids is 2. The molecule has 1 aromatic heterocycles. The lowest BCUT2D eigenvalue weighted by atomic mass is 9.82. The van der Waals surface area contributed by atoms with Crippen LogP contribution in [0, 0.1) is 0 Å². The molecular formula is C26H32F3N5O4S. The summed E-state index contributed by atoms with van der Waals surface area (Å²) >= 11 is 0. The molecular weight excluding hydrogens is 535 g/mol. The van der Waals surface area contributed by atoms with Crippen LogP contribution in [0.2, 0.25) is 0 Å². The summed E-state index contributed by atoms with van der Waals surface area (Å²) in [7, 11) is -3.11. The molecule has 2 amide bonds. The number of likely N-dealkylation sites (tertiary alicyclic amines) is 1. The molecule has 0 radical (unpaired) electrons. The average Bonchev–Trinajstić information content (AvgIpc) is 2.87. The summed E-state index contributed by atoms with van der Waals surface area (Å²) in [5, 5.41) is 8.09. The normalized spacial score (nSPS) is 20.6. The smallest absolute Gasteiger partial charge is 0.370 e. The van der Waals surface area contributed by atoms with Crippen LogP contribution in [0.5, 0.6) is 0 Å². The van der Waals surface area contributed by atoms with Gasteiger partial charge in [-0.2, -0.15) is 13.2 Å². The minimum absolute atomic E-state index is 0.0330. The van der Waals surface area contributed by atoms with Crippen molar-refractivity contribution in [3.63, 3.8) is 0 Å². The number of halogens is 3. The minimum Gasteiger partial charge on any atom is -0.370 e. The molecule has 3 N–H and O–H groups in total. The van der Waals surface area contributed by atoms with Gasteiger partial charge in [-0.05, 0) is 56.0 Å². The van der Waals surface area contributed by atoms with Gasteiger partial charge >= 0.3 is 6.18 Å². The SMILES string of the molecule is CS(=O)(=O)CNc1ccc(C2CCC(N3CC(NC(=O)CNC(=O)c4cccc(C(F)(F)F)c4)C3)CC2)nc1. The second-order valence-corrected chi connectivity index (χ2v) is 12.3. The number of rotatable bonds is 9. The third-order valence-corrected chi connectivity index (χ3v) is 7.76. The number of sulfone groups is 1. The van der Waals surface area contributed by atoms with Crippen molar-refractivity contribution in [1.82, 2.24) is 20.5 Å². The second kappa shape index (κ2) is 11.9. The molecule has 212 valence electrons. The maximum Gasteiger partial charge on any atom is 0.416 e. The van der Waals surface area contributed by atoms with Gasteiger partial charge in [0.05, 0.1) is 30.0 Å². The van der Waals surface area contributed by atoms with Crippen LogP contribution >= 0.6 is 0 Å². The molecule has 2 aromatic rings. The van der Waals surface area contributed by atoms with E-state index in [4.69, 9.17) is 0 Å². The molecule has 2 fully saturated rings. The van der Waals surface area contributed by atoms with Crippen molar-refractivity contribution < 1.29 is 31.2 Å². The van der Waals surface area contributed by atoms with Crippen LogP contribution in [-0.2, 0) is 20.8 Å². The first-order chi connectivity index (χ1) is 18.4. The van der Waals surface area contributed by atoms with E-state index in [9.17, 15) is 31.2 Å². The van der Waals surface area contributed by atoms with E-state index < -0.39 is 27.5 Å². The third kappa shape index (κ3) is 8.15. The van der Waals surface area contributed by atoms with E-state index in [1.807, 2.05) is 12.1 Å². The quantitative estimate of drug-likeness (QED) is 0.426. The van der Waals surface area contributed by atoms with Gasteiger partial charge in [0, 0.05) is 42.6 Å². The number of nitrogens with one attached hydrogen (secondary N) is 3. The fraction of sp³-hybridized carbons (Fsp3) is 0.500. The van der Waals surface area contributed by atoms with Gasteiger partial charge in [0.15, 0.2) is 9.84 Å². The first kappa shape index (κ1) is 28.8. The molecule has 2 aliphatic rings. The number of hydrogen-bond acceptors (Lipinski definition) is 7. The fourth-order valence-electron chi connectivity index (χ4n) is 4.98. The Morgan fingerprint density at radius 1 is 1.08 bits per heavy atom. The van der Waals surface area contributed by atoms with Gasteiger partial charge in [-0.3, -0.25) is 19.5 Å². The van der Waals surface area contributed by atoms with Gasteiger partial charge in [0.1, 0.15) is 5.88 Å². The van der Waals surface area contributed by atoms with Crippen LogP contribution < -0.4 is 16.0 Å². The molecule has 4 rings (SSSR count). The monoisotopic (exact) mass is 567 g/mol. The molecule has 1 aliphatic heterocycles. The van der Waals surface area contributed by atoms with Gasteiger partial charge in [-0.25, -0.2) is 8.42 Å². The molecule has 0 atom stereocenters. The minimum atomic E-state index is -4.55. The Labute approximate surface area is 225 Å². The third-order valence-electron chi connectivity index (χ3n) is 7.09. The summed E-state index contributed by atoms with van der Waals surface area (Å²) in [5.74, 6) is -0.908. The maximum absolute atomic E-state index is 12.8. The number of hydrogen-bond donors (Lipinski definition) is 3. The number of aromatic nitrogens is 1. The lowest BCUT2D eigenvalue weighted by Crippen LogP contribution is -2.63. The topological polar surface area (TPSA) is 121 Å². The Morgan fingerprint density at radius 3 is 2.41 bits per heavy atom. The van der Waals surface area contributed by atoms with E-state index in [2.05, 4.69) is 25.8 Å². The predicted molar refractivity (Wildman–Crippen MR) is 140 cm³/mol.